The standard InChI is InChI=1S/C11H14N2O5S/c1-7(8-3-2-4-19-8)12-11(18)13(5-9(14)15)6-10(16)17/h2-4,7H,5-6H2,1H3,(H,12,18)(H,14,15)(H,16,17). The number of carbonyl (C=O) groups excluding carboxylic acids is 1. The van der Waals surface area contributed by atoms with Gasteiger partial charge in [-0.2, -0.15) is 0 Å². The van der Waals surface area contributed by atoms with Crippen LogP contribution in [-0.4, -0.2) is 46.2 Å². The van der Waals surface area contributed by atoms with Gasteiger partial charge in [-0.15, -0.1) is 11.3 Å². The van der Waals surface area contributed by atoms with Crippen LogP contribution in [0.3, 0.4) is 0 Å². The Bertz CT molecular complexity index is 444. The van der Waals surface area contributed by atoms with E-state index in [1.54, 1.807) is 6.92 Å². The lowest BCUT2D eigenvalue weighted by Gasteiger charge is -2.21. The third-order valence-electron chi connectivity index (χ3n) is 2.25. The Morgan fingerprint density at radius 3 is 2.32 bits per heavy atom. The maximum absolute atomic E-state index is 11.8. The molecule has 0 spiro atoms. The molecule has 1 atom stereocenters. The summed E-state index contributed by atoms with van der Waals surface area (Å²) in [6, 6.07) is 2.63. The van der Waals surface area contributed by atoms with Crippen molar-refractivity contribution < 1.29 is 24.6 Å². The highest BCUT2D eigenvalue weighted by atomic mass is 32.1. The Morgan fingerprint density at radius 1 is 1.32 bits per heavy atom. The van der Waals surface area contributed by atoms with Crippen LogP contribution < -0.4 is 5.32 Å². The molecular formula is C11H14N2O5S. The Morgan fingerprint density at radius 2 is 1.89 bits per heavy atom. The van der Waals surface area contributed by atoms with Crippen molar-refractivity contribution in [3.8, 4) is 0 Å². The third kappa shape index (κ3) is 4.96. The molecule has 0 aliphatic carbocycles. The zero-order chi connectivity index (χ0) is 14.4. The molecule has 0 radical (unpaired) electrons. The second kappa shape index (κ2) is 6.74. The van der Waals surface area contributed by atoms with Gasteiger partial charge < -0.3 is 20.4 Å². The van der Waals surface area contributed by atoms with Gasteiger partial charge in [0.25, 0.3) is 0 Å². The average Bonchev–Trinajstić information content (AvgIpc) is 2.79. The highest BCUT2D eigenvalue weighted by Gasteiger charge is 2.21. The maximum atomic E-state index is 11.8. The summed E-state index contributed by atoms with van der Waals surface area (Å²) in [6.45, 7) is 0.425. The predicted molar refractivity (Wildman–Crippen MR) is 68.1 cm³/mol. The molecule has 2 amide bonds. The number of rotatable bonds is 6. The van der Waals surface area contributed by atoms with Crippen LogP contribution >= 0.6 is 11.3 Å². The molecule has 0 saturated heterocycles. The molecule has 1 heterocycles. The first-order valence-corrected chi connectivity index (χ1v) is 6.30. The van der Waals surface area contributed by atoms with Crippen LogP contribution in [0.4, 0.5) is 4.79 Å². The van der Waals surface area contributed by atoms with Gasteiger partial charge in [0, 0.05) is 4.88 Å². The number of aliphatic carboxylic acids is 2. The number of urea groups is 1. The summed E-state index contributed by atoms with van der Waals surface area (Å²) in [5.41, 5.74) is 0. The molecule has 1 aromatic rings. The van der Waals surface area contributed by atoms with E-state index >= 15 is 0 Å². The van der Waals surface area contributed by atoms with Crippen LogP contribution in [0.2, 0.25) is 0 Å². The van der Waals surface area contributed by atoms with E-state index in [2.05, 4.69) is 5.32 Å². The molecule has 0 bridgehead atoms. The predicted octanol–water partition coefficient (Wildman–Crippen LogP) is 0.990. The SMILES string of the molecule is CC(NC(=O)N(CC(=O)O)CC(=O)O)c1cccs1. The molecule has 104 valence electrons. The molecule has 0 saturated carbocycles. The van der Waals surface area contributed by atoms with Crippen LogP contribution in [0.15, 0.2) is 17.5 Å². The summed E-state index contributed by atoms with van der Waals surface area (Å²) < 4.78 is 0. The number of hydrogen-bond donors (Lipinski definition) is 3. The largest absolute Gasteiger partial charge is 0.480 e. The average molecular weight is 286 g/mol. The maximum Gasteiger partial charge on any atom is 0.323 e. The molecule has 0 fully saturated rings. The van der Waals surface area contributed by atoms with Gasteiger partial charge in [0.15, 0.2) is 0 Å². The molecule has 1 rings (SSSR count). The van der Waals surface area contributed by atoms with Crippen molar-refractivity contribution in [2.45, 2.75) is 13.0 Å². The van der Waals surface area contributed by atoms with Crippen molar-refractivity contribution in [2.75, 3.05) is 13.1 Å². The molecular weight excluding hydrogens is 272 g/mol. The van der Waals surface area contributed by atoms with Gasteiger partial charge in [-0.1, -0.05) is 6.07 Å². The van der Waals surface area contributed by atoms with Gasteiger partial charge >= 0.3 is 18.0 Å². The molecule has 3 N–H and O–H groups in total. The van der Waals surface area contributed by atoms with Gasteiger partial charge in [-0.25, -0.2) is 4.79 Å². The second-order valence-corrected chi connectivity index (χ2v) is 4.81. The molecule has 0 aliphatic heterocycles. The van der Waals surface area contributed by atoms with Gasteiger partial charge in [-0.05, 0) is 18.4 Å². The topological polar surface area (TPSA) is 107 Å². The fourth-order valence-corrected chi connectivity index (χ4v) is 2.15. The lowest BCUT2D eigenvalue weighted by atomic mass is 10.3. The third-order valence-corrected chi connectivity index (χ3v) is 3.30. The normalized spacial score (nSPS) is 11.6. The van der Waals surface area contributed by atoms with E-state index in [-0.39, 0.29) is 6.04 Å². The van der Waals surface area contributed by atoms with E-state index in [1.807, 2.05) is 17.5 Å². The number of carbonyl (C=O) groups is 3. The van der Waals surface area contributed by atoms with Crippen LogP contribution in [0.5, 0.6) is 0 Å². The summed E-state index contributed by atoms with van der Waals surface area (Å²) in [4.78, 5) is 34.6. The number of nitrogens with zero attached hydrogens (tertiary/aromatic N) is 1. The fourth-order valence-electron chi connectivity index (χ4n) is 1.41. The zero-order valence-corrected chi connectivity index (χ0v) is 11.0. The molecule has 0 aliphatic rings. The van der Waals surface area contributed by atoms with Crippen LogP contribution in [0.1, 0.15) is 17.8 Å². The quantitative estimate of drug-likeness (QED) is 0.723. The molecule has 7 nitrogen and oxygen atoms in total. The second-order valence-electron chi connectivity index (χ2n) is 3.83. The minimum absolute atomic E-state index is 0.308. The van der Waals surface area contributed by atoms with Crippen molar-refractivity contribution >= 4 is 29.3 Å². The van der Waals surface area contributed by atoms with Gasteiger partial charge in [-0.3, -0.25) is 9.59 Å². The number of hydrogen-bond acceptors (Lipinski definition) is 4. The van der Waals surface area contributed by atoms with E-state index in [9.17, 15) is 14.4 Å². The highest BCUT2D eigenvalue weighted by Crippen LogP contribution is 2.18. The number of thiophene rings is 1. The van der Waals surface area contributed by atoms with Crippen LogP contribution in [-0.2, 0) is 9.59 Å². The Balaban J connectivity index is 2.65. The summed E-state index contributed by atoms with van der Waals surface area (Å²) >= 11 is 1.45. The molecule has 0 aromatic carbocycles. The number of carboxylic acids is 2. The Labute approximate surface area is 113 Å². The summed E-state index contributed by atoms with van der Waals surface area (Å²) in [5, 5.41) is 21.7. The van der Waals surface area contributed by atoms with E-state index in [0.29, 0.717) is 0 Å². The van der Waals surface area contributed by atoms with E-state index in [4.69, 9.17) is 10.2 Å². The monoisotopic (exact) mass is 286 g/mol. The van der Waals surface area contributed by atoms with Crippen molar-refractivity contribution in [3.05, 3.63) is 22.4 Å². The lowest BCUT2D eigenvalue weighted by Crippen LogP contribution is -2.45. The number of carboxylic acid groups (broad SMARTS) is 2. The van der Waals surface area contributed by atoms with Crippen LogP contribution in [0, 0.1) is 0 Å². The first kappa shape index (κ1) is 15.0. The highest BCUT2D eigenvalue weighted by molar-refractivity contribution is 7.10. The van der Waals surface area contributed by atoms with Crippen molar-refractivity contribution in [3.63, 3.8) is 0 Å². The number of nitrogens with one attached hydrogen (secondary N) is 1. The first-order chi connectivity index (χ1) is 8.90. The minimum atomic E-state index is -1.26. The smallest absolute Gasteiger partial charge is 0.323 e. The van der Waals surface area contributed by atoms with Crippen LogP contribution in [0.25, 0.3) is 0 Å². The number of amides is 2. The summed E-state index contributed by atoms with van der Waals surface area (Å²) in [6.07, 6.45) is 0. The van der Waals surface area contributed by atoms with E-state index in [0.717, 1.165) is 9.78 Å². The van der Waals surface area contributed by atoms with Crippen molar-refractivity contribution in [1.29, 1.82) is 0 Å². The Kier molecular flexibility index (Phi) is 5.31. The summed E-state index contributed by atoms with van der Waals surface area (Å²) in [5.74, 6) is -2.53. The zero-order valence-electron chi connectivity index (χ0n) is 10.2. The van der Waals surface area contributed by atoms with Crippen molar-refractivity contribution in [2.24, 2.45) is 0 Å². The Hall–Kier alpha value is -2.09. The van der Waals surface area contributed by atoms with Gasteiger partial charge in [0.1, 0.15) is 13.1 Å². The molecule has 19 heavy (non-hydrogen) atoms. The van der Waals surface area contributed by atoms with Gasteiger partial charge in [0.05, 0.1) is 6.04 Å². The summed E-state index contributed by atoms with van der Waals surface area (Å²) in [7, 11) is 0. The fraction of sp³-hybridized carbons (Fsp3) is 0.364. The minimum Gasteiger partial charge on any atom is -0.480 e. The van der Waals surface area contributed by atoms with E-state index < -0.39 is 31.1 Å². The molecule has 8 heteroatoms. The van der Waals surface area contributed by atoms with Crippen molar-refractivity contribution in [1.82, 2.24) is 10.2 Å². The first-order valence-electron chi connectivity index (χ1n) is 5.42. The van der Waals surface area contributed by atoms with E-state index in [1.165, 1.54) is 11.3 Å². The molecule has 1 unspecified atom stereocenters. The molecule has 1 aromatic heterocycles. The van der Waals surface area contributed by atoms with Gasteiger partial charge in [0.2, 0.25) is 0 Å². The lowest BCUT2D eigenvalue weighted by molar-refractivity contribution is -0.140.